The van der Waals surface area contributed by atoms with Crippen molar-refractivity contribution in [1.29, 1.82) is 0 Å². The third-order valence-corrected chi connectivity index (χ3v) is 8.55. The van der Waals surface area contributed by atoms with E-state index < -0.39 is 8.32 Å². The summed E-state index contributed by atoms with van der Waals surface area (Å²) in [5.74, 6) is 0. The molecule has 5 heteroatoms. The van der Waals surface area contributed by atoms with Crippen LogP contribution in [0.25, 0.3) is 5.47 Å². The third-order valence-electron chi connectivity index (χ3n) is 5.41. The molecule has 2 rings (SSSR count). The fraction of sp³-hybridized carbons (Fsp3) is 0.600. The summed E-state index contributed by atoms with van der Waals surface area (Å²) in [6.45, 7) is 19.2. The molecule has 0 radical (unpaired) electrons. The van der Waals surface area contributed by atoms with Gasteiger partial charge < -0.3 is 13.7 Å². The van der Waals surface area contributed by atoms with Crippen molar-refractivity contribution >= 4 is 20.9 Å². The molecule has 138 valence electrons. The van der Waals surface area contributed by atoms with E-state index in [1.807, 2.05) is 6.07 Å². The average molecular weight is 360 g/mol. The Labute approximate surface area is 155 Å². The Kier molecular flexibility index (Phi) is 5.75. The van der Waals surface area contributed by atoms with Crippen LogP contribution >= 0.6 is 0 Å². The van der Waals surface area contributed by atoms with Gasteiger partial charge in [0.25, 0.3) is 0 Å². The van der Waals surface area contributed by atoms with Gasteiger partial charge in [-0.15, -0.1) is 0 Å². The van der Waals surface area contributed by atoms with E-state index >= 15 is 0 Å². The Morgan fingerprint density at radius 2 is 1.48 bits per heavy atom. The predicted molar refractivity (Wildman–Crippen MR) is 109 cm³/mol. The number of rotatable bonds is 5. The highest BCUT2D eigenvalue weighted by Gasteiger charge is 2.53. The lowest BCUT2D eigenvalue weighted by atomic mass is 9.73. The van der Waals surface area contributed by atoms with E-state index in [1.54, 1.807) is 0 Å². The van der Waals surface area contributed by atoms with E-state index in [4.69, 9.17) is 13.7 Å². The lowest BCUT2D eigenvalue weighted by Gasteiger charge is -2.32. The van der Waals surface area contributed by atoms with Crippen LogP contribution in [0.3, 0.4) is 0 Å². The quantitative estimate of drug-likeness (QED) is 0.670. The molecule has 0 atom stereocenters. The smallest absolute Gasteiger partial charge is 0.411 e. The second-order valence-corrected chi connectivity index (χ2v) is 12.7. The van der Waals surface area contributed by atoms with E-state index in [9.17, 15) is 0 Å². The van der Waals surface area contributed by atoms with Gasteiger partial charge in [0.05, 0.1) is 11.2 Å². The van der Waals surface area contributed by atoms with Gasteiger partial charge in [-0.05, 0) is 72.6 Å². The van der Waals surface area contributed by atoms with Crippen LogP contribution in [0.2, 0.25) is 13.1 Å². The minimum atomic E-state index is -2.06. The maximum atomic E-state index is 6.39. The Morgan fingerprint density at radius 3 is 1.92 bits per heavy atom. The van der Waals surface area contributed by atoms with E-state index in [0.717, 1.165) is 11.0 Å². The van der Waals surface area contributed by atoms with Gasteiger partial charge in [0.1, 0.15) is 0 Å². The average Bonchev–Trinajstić information content (AvgIpc) is 2.67. The van der Waals surface area contributed by atoms with Crippen molar-refractivity contribution in [2.75, 3.05) is 0 Å². The first-order chi connectivity index (χ1) is 11.4. The van der Waals surface area contributed by atoms with Gasteiger partial charge in [0.2, 0.25) is 8.32 Å². The Hall–Kier alpha value is -0.878. The molecule has 1 aromatic carbocycles. The van der Waals surface area contributed by atoms with Crippen molar-refractivity contribution in [2.45, 2.75) is 78.9 Å². The van der Waals surface area contributed by atoms with Gasteiger partial charge in [-0.25, -0.2) is 0 Å². The summed E-state index contributed by atoms with van der Waals surface area (Å²) in [7, 11) is -2.44. The molecular formula is C20H33BO3Si. The standard InChI is InChI=1S/C20H33BO3Si/c1-15(2)22-25(8,9)16(3)18(17-13-11-10-12-14-17)21-23-19(4,5)20(6,7)24-21/h10-15H,1-9H3/b18-16+. The second kappa shape index (κ2) is 7.03. The molecule has 25 heavy (non-hydrogen) atoms. The Morgan fingerprint density at radius 1 is 1.00 bits per heavy atom. The highest BCUT2D eigenvalue weighted by Crippen LogP contribution is 2.42. The Bertz CT molecular complexity index is 620. The first kappa shape index (κ1) is 20.4. The second-order valence-electron chi connectivity index (χ2n) is 8.67. The maximum absolute atomic E-state index is 6.39. The van der Waals surface area contributed by atoms with Crippen molar-refractivity contribution in [2.24, 2.45) is 0 Å². The highest BCUT2D eigenvalue weighted by molar-refractivity contribution is 6.84. The molecular weight excluding hydrogens is 327 g/mol. The minimum Gasteiger partial charge on any atom is -0.411 e. The highest BCUT2D eigenvalue weighted by atomic mass is 28.4. The zero-order chi connectivity index (χ0) is 19.0. The van der Waals surface area contributed by atoms with Crippen LogP contribution in [0.4, 0.5) is 0 Å². The number of hydrogen-bond acceptors (Lipinski definition) is 3. The van der Waals surface area contributed by atoms with E-state index in [2.05, 4.69) is 85.8 Å². The number of benzene rings is 1. The minimum absolute atomic E-state index is 0.201. The van der Waals surface area contributed by atoms with Crippen LogP contribution in [0.15, 0.2) is 35.5 Å². The largest absolute Gasteiger partial charge is 0.495 e. The topological polar surface area (TPSA) is 27.7 Å². The number of allylic oxidation sites excluding steroid dienone is 1. The normalized spacial score (nSPS) is 20.8. The fourth-order valence-electron chi connectivity index (χ4n) is 3.11. The molecule has 0 spiro atoms. The molecule has 0 amide bonds. The lowest BCUT2D eigenvalue weighted by Crippen LogP contribution is -2.41. The van der Waals surface area contributed by atoms with E-state index in [-0.39, 0.29) is 24.4 Å². The molecule has 0 aromatic heterocycles. The summed E-state index contributed by atoms with van der Waals surface area (Å²) < 4.78 is 19.1. The van der Waals surface area contributed by atoms with Crippen LogP contribution < -0.4 is 0 Å². The van der Waals surface area contributed by atoms with Gasteiger partial charge >= 0.3 is 7.12 Å². The molecule has 1 aliphatic rings. The molecule has 1 heterocycles. The van der Waals surface area contributed by atoms with Crippen molar-refractivity contribution in [3.63, 3.8) is 0 Å². The Balaban J connectivity index is 2.55. The summed E-state index contributed by atoms with van der Waals surface area (Å²) in [5.41, 5.74) is 1.55. The number of hydrogen-bond donors (Lipinski definition) is 0. The molecule has 1 aliphatic heterocycles. The van der Waals surface area contributed by atoms with Gasteiger partial charge in [-0.3, -0.25) is 0 Å². The third kappa shape index (κ3) is 4.27. The maximum Gasteiger partial charge on any atom is 0.495 e. The predicted octanol–water partition coefficient (Wildman–Crippen LogP) is 5.26. The molecule has 1 fully saturated rings. The molecule has 0 unspecified atom stereocenters. The van der Waals surface area contributed by atoms with Crippen LogP contribution in [0.1, 0.15) is 54.0 Å². The monoisotopic (exact) mass is 360 g/mol. The summed E-state index contributed by atoms with van der Waals surface area (Å²) >= 11 is 0. The molecule has 0 saturated carbocycles. The molecule has 1 saturated heterocycles. The van der Waals surface area contributed by atoms with E-state index in [0.29, 0.717) is 0 Å². The van der Waals surface area contributed by atoms with Gasteiger partial charge in [0.15, 0.2) is 0 Å². The zero-order valence-corrected chi connectivity index (χ0v) is 18.3. The van der Waals surface area contributed by atoms with Gasteiger partial charge in [0, 0.05) is 6.10 Å². The van der Waals surface area contributed by atoms with Crippen molar-refractivity contribution in [3.8, 4) is 0 Å². The van der Waals surface area contributed by atoms with Gasteiger partial charge in [-0.1, -0.05) is 35.5 Å². The fourth-order valence-corrected chi connectivity index (χ4v) is 5.38. The van der Waals surface area contributed by atoms with Crippen LogP contribution in [-0.4, -0.2) is 32.7 Å². The first-order valence-corrected chi connectivity index (χ1v) is 12.1. The summed E-state index contributed by atoms with van der Waals surface area (Å²) in [5, 5.41) is 1.27. The molecule has 1 aromatic rings. The van der Waals surface area contributed by atoms with Crippen molar-refractivity contribution in [3.05, 3.63) is 41.1 Å². The van der Waals surface area contributed by atoms with E-state index in [1.165, 1.54) is 5.20 Å². The van der Waals surface area contributed by atoms with Crippen LogP contribution in [0.5, 0.6) is 0 Å². The SMILES string of the molecule is C/C(=C(\B1OC(C)(C)C(C)(C)O1)c1ccccc1)[Si](C)(C)OC(C)C. The molecule has 0 bridgehead atoms. The molecule has 0 N–H and O–H groups in total. The first-order valence-electron chi connectivity index (χ1n) is 9.17. The van der Waals surface area contributed by atoms with Crippen LogP contribution in [-0.2, 0) is 13.7 Å². The summed E-state index contributed by atoms with van der Waals surface area (Å²) in [6.07, 6.45) is 0.201. The van der Waals surface area contributed by atoms with Gasteiger partial charge in [-0.2, -0.15) is 0 Å². The summed E-state index contributed by atoms with van der Waals surface area (Å²) in [6, 6.07) is 10.4. The zero-order valence-electron chi connectivity index (χ0n) is 17.3. The van der Waals surface area contributed by atoms with Crippen molar-refractivity contribution in [1.82, 2.24) is 0 Å². The molecule has 0 aliphatic carbocycles. The molecule has 3 nitrogen and oxygen atoms in total. The summed E-state index contributed by atoms with van der Waals surface area (Å²) in [4.78, 5) is 0. The van der Waals surface area contributed by atoms with Crippen LogP contribution in [0, 0.1) is 0 Å². The lowest BCUT2D eigenvalue weighted by molar-refractivity contribution is 0.00578. The van der Waals surface area contributed by atoms with Crippen molar-refractivity contribution < 1.29 is 13.7 Å².